The Kier molecular flexibility index (Phi) is 4.23. The van der Waals surface area contributed by atoms with Crippen LogP contribution in [0.5, 0.6) is 0 Å². The van der Waals surface area contributed by atoms with E-state index >= 15 is 0 Å². The molecule has 0 bridgehead atoms. The molecule has 0 heterocycles. The zero-order valence-electron chi connectivity index (χ0n) is 10.1. The first-order valence-corrected chi connectivity index (χ1v) is 5.15. The van der Waals surface area contributed by atoms with Gasteiger partial charge in [-0.25, -0.2) is 4.79 Å². The van der Waals surface area contributed by atoms with Gasteiger partial charge in [0.2, 0.25) is 0 Å². The van der Waals surface area contributed by atoms with E-state index in [1.807, 2.05) is 20.8 Å². The molecular weight excluding hydrogens is 220 g/mol. The third-order valence-corrected chi connectivity index (χ3v) is 1.81. The monoisotopic (exact) mass is 236 g/mol. The van der Waals surface area contributed by atoms with Crippen LogP contribution >= 0.6 is 0 Å². The van der Waals surface area contributed by atoms with Gasteiger partial charge in [0.1, 0.15) is 5.60 Å². The normalized spacial score (nSPS) is 11.5. The molecule has 0 saturated heterocycles. The van der Waals surface area contributed by atoms with Crippen molar-refractivity contribution in [2.24, 2.45) is 11.1 Å². The fourth-order valence-electron chi connectivity index (χ4n) is 1.13. The second-order valence-electron chi connectivity index (χ2n) is 4.46. The van der Waals surface area contributed by atoms with Gasteiger partial charge in [-0.1, -0.05) is 17.3 Å². The number of hydrogen-bond acceptors (Lipinski definition) is 5. The fourth-order valence-corrected chi connectivity index (χ4v) is 1.13. The number of hydrogen-bond donors (Lipinski definition) is 1. The topological polar surface area (TPSA) is 73.9 Å². The van der Waals surface area contributed by atoms with Crippen LogP contribution in [0, 0.1) is 0 Å². The van der Waals surface area contributed by atoms with E-state index in [1.165, 1.54) is 6.21 Å². The van der Waals surface area contributed by atoms with Gasteiger partial charge in [-0.15, -0.1) is 5.90 Å². The molecule has 0 fully saturated rings. The lowest BCUT2D eigenvalue weighted by Crippen LogP contribution is -2.23. The van der Waals surface area contributed by atoms with Crippen molar-refractivity contribution in [2.45, 2.75) is 26.4 Å². The summed E-state index contributed by atoms with van der Waals surface area (Å²) in [6.07, 6.45) is 1.44. The van der Waals surface area contributed by atoms with E-state index in [4.69, 9.17) is 10.6 Å². The lowest BCUT2D eigenvalue weighted by atomic mass is 10.1. The summed E-state index contributed by atoms with van der Waals surface area (Å²) in [5, 5.41) is 3.41. The van der Waals surface area contributed by atoms with Gasteiger partial charge < -0.3 is 9.68 Å². The predicted molar refractivity (Wildman–Crippen MR) is 64.5 cm³/mol. The number of carbonyl (C=O) groups is 1. The summed E-state index contributed by atoms with van der Waals surface area (Å²) in [6, 6.07) is 6.77. The SMILES string of the molecule is CC(C)(C)OC(=O)c1ccc(C=NON)cc1. The van der Waals surface area contributed by atoms with Crippen LogP contribution in [0.15, 0.2) is 29.4 Å². The molecule has 5 heteroatoms. The number of ether oxygens (including phenoxy) is 1. The van der Waals surface area contributed by atoms with E-state index in [9.17, 15) is 4.79 Å². The number of nitrogens with two attached hydrogens (primary N) is 1. The largest absolute Gasteiger partial charge is 0.456 e. The second kappa shape index (κ2) is 5.45. The molecule has 2 N–H and O–H groups in total. The van der Waals surface area contributed by atoms with E-state index in [0.29, 0.717) is 5.56 Å². The lowest BCUT2D eigenvalue weighted by Gasteiger charge is -2.19. The number of nitrogens with zero attached hydrogens (tertiary/aromatic N) is 1. The highest BCUT2D eigenvalue weighted by molar-refractivity contribution is 5.91. The van der Waals surface area contributed by atoms with Crippen molar-refractivity contribution in [3.05, 3.63) is 35.4 Å². The fraction of sp³-hybridized carbons (Fsp3) is 0.333. The first-order chi connectivity index (χ1) is 7.92. The molecule has 0 aliphatic carbocycles. The Morgan fingerprint density at radius 2 is 1.88 bits per heavy atom. The third kappa shape index (κ3) is 4.65. The van der Waals surface area contributed by atoms with Gasteiger partial charge in [-0.3, -0.25) is 0 Å². The number of carbonyl (C=O) groups excluding carboxylic acids is 1. The standard InChI is InChI=1S/C12H16N2O3/c1-12(2,3)16-11(15)10-6-4-9(5-7-10)8-14-17-13/h4-8H,13H2,1-3H3. The summed E-state index contributed by atoms with van der Waals surface area (Å²) in [4.78, 5) is 15.8. The van der Waals surface area contributed by atoms with Gasteiger partial charge in [-0.05, 0) is 38.5 Å². The molecule has 1 rings (SSSR count). The van der Waals surface area contributed by atoms with E-state index in [0.717, 1.165) is 5.56 Å². The maximum atomic E-state index is 11.7. The highest BCUT2D eigenvalue weighted by Gasteiger charge is 2.17. The minimum Gasteiger partial charge on any atom is -0.456 e. The van der Waals surface area contributed by atoms with Crippen molar-refractivity contribution in [1.82, 2.24) is 0 Å². The van der Waals surface area contributed by atoms with Gasteiger partial charge in [-0.2, -0.15) is 0 Å². The van der Waals surface area contributed by atoms with E-state index in [2.05, 4.69) is 10.1 Å². The van der Waals surface area contributed by atoms with Crippen molar-refractivity contribution >= 4 is 12.2 Å². The zero-order chi connectivity index (χ0) is 12.9. The highest BCUT2D eigenvalue weighted by Crippen LogP contribution is 2.12. The first-order valence-electron chi connectivity index (χ1n) is 5.15. The van der Waals surface area contributed by atoms with Crippen LogP contribution in [-0.2, 0) is 9.68 Å². The van der Waals surface area contributed by atoms with Crippen LogP contribution in [0.2, 0.25) is 0 Å². The molecule has 0 saturated carbocycles. The van der Waals surface area contributed by atoms with Crippen LogP contribution < -0.4 is 5.90 Å². The lowest BCUT2D eigenvalue weighted by molar-refractivity contribution is 0.00696. The molecule has 0 aromatic heterocycles. The molecule has 0 unspecified atom stereocenters. The van der Waals surface area contributed by atoms with Gasteiger partial charge >= 0.3 is 5.97 Å². The highest BCUT2D eigenvalue weighted by atomic mass is 16.7. The Morgan fingerprint density at radius 1 is 1.29 bits per heavy atom. The predicted octanol–water partition coefficient (Wildman–Crippen LogP) is 1.87. The summed E-state index contributed by atoms with van der Waals surface area (Å²) < 4.78 is 5.23. The summed E-state index contributed by atoms with van der Waals surface area (Å²) in [5.74, 6) is 4.40. The second-order valence-corrected chi connectivity index (χ2v) is 4.46. The smallest absolute Gasteiger partial charge is 0.338 e. The Labute approximate surface area is 100 Å². The minimum absolute atomic E-state index is 0.351. The van der Waals surface area contributed by atoms with E-state index < -0.39 is 5.60 Å². The molecule has 0 radical (unpaired) electrons. The number of benzene rings is 1. The Bertz CT molecular complexity index is 405. The van der Waals surface area contributed by atoms with Gasteiger partial charge in [0.05, 0.1) is 11.8 Å². The molecule has 0 spiro atoms. The van der Waals surface area contributed by atoms with Gasteiger partial charge in [0.25, 0.3) is 0 Å². The molecule has 5 nitrogen and oxygen atoms in total. The zero-order valence-corrected chi connectivity index (χ0v) is 10.1. The summed E-state index contributed by atoms with van der Waals surface area (Å²) in [5.41, 5.74) is 0.776. The van der Waals surface area contributed by atoms with Crippen LogP contribution in [0.25, 0.3) is 0 Å². The van der Waals surface area contributed by atoms with Gasteiger partial charge in [0.15, 0.2) is 0 Å². The number of oxime groups is 1. The van der Waals surface area contributed by atoms with Crippen LogP contribution in [0.3, 0.4) is 0 Å². The number of rotatable bonds is 3. The molecule has 1 aromatic rings. The summed E-state index contributed by atoms with van der Waals surface area (Å²) in [6.45, 7) is 5.47. The average Bonchev–Trinajstić information content (AvgIpc) is 2.24. The summed E-state index contributed by atoms with van der Waals surface area (Å²) >= 11 is 0. The van der Waals surface area contributed by atoms with Crippen molar-refractivity contribution < 1.29 is 14.5 Å². The molecule has 17 heavy (non-hydrogen) atoms. The molecule has 0 atom stereocenters. The molecule has 0 amide bonds. The maximum Gasteiger partial charge on any atom is 0.338 e. The maximum absolute atomic E-state index is 11.7. The summed E-state index contributed by atoms with van der Waals surface area (Å²) in [7, 11) is 0. The Balaban J connectivity index is 2.74. The van der Waals surface area contributed by atoms with Crippen LogP contribution in [0.4, 0.5) is 0 Å². The van der Waals surface area contributed by atoms with Crippen molar-refractivity contribution in [3.63, 3.8) is 0 Å². The van der Waals surface area contributed by atoms with Crippen molar-refractivity contribution in [2.75, 3.05) is 0 Å². The van der Waals surface area contributed by atoms with Crippen LogP contribution in [0.1, 0.15) is 36.7 Å². The van der Waals surface area contributed by atoms with E-state index in [-0.39, 0.29) is 5.97 Å². The van der Waals surface area contributed by atoms with Crippen molar-refractivity contribution in [1.29, 1.82) is 0 Å². The third-order valence-electron chi connectivity index (χ3n) is 1.81. The Morgan fingerprint density at radius 3 is 2.35 bits per heavy atom. The molecular formula is C12H16N2O3. The Hall–Kier alpha value is -1.88. The molecule has 1 aromatic carbocycles. The molecule has 92 valence electrons. The average molecular weight is 236 g/mol. The van der Waals surface area contributed by atoms with Crippen molar-refractivity contribution in [3.8, 4) is 0 Å². The minimum atomic E-state index is -0.495. The number of esters is 1. The molecule has 0 aliphatic heterocycles. The quantitative estimate of drug-likeness (QED) is 0.494. The van der Waals surface area contributed by atoms with Crippen LogP contribution in [-0.4, -0.2) is 17.8 Å². The van der Waals surface area contributed by atoms with E-state index in [1.54, 1.807) is 24.3 Å². The molecule has 0 aliphatic rings. The van der Waals surface area contributed by atoms with Gasteiger partial charge in [0, 0.05) is 0 Å². The first kappa shape index (κ1) is 13.2.